The topological polar surface area (TPSA) is 104 Å². The summed E-state index contributed by atoms with van der Waals surface area (Å²) in [6.07, 6.45) is 4.24. The van der Waals surface area contributed by atoms with Gasteiger partial charge in [0, 0.05) is 51.3 Å². The molecule has 0 bridgehead atoms. The van der Waals surface area contributed by atoms with Crippen LogP contribution in [0.1, 0.15) is 25.2 Å². The summed E-state index contributed by atoms with van der Waals surface area (Å²) in [7, 11) is 0. The third kappa shape index (κ3) is 5.68. The van der Waals surface area contributed by atoms with Gasteiger partial charge >= 0.3 is 0 Å². The van der Waals surface area contributed by atoms with Crippen molar-refractivity contribution in [1.29, 1.82) is 0 Å². The first-order valence-corrected chi connectivity index (χ1v) is 9.72. The number of nitrogens with zero attached hydrogens (tertiary/aromatic N) is 5. The zero-order chi connectivity index (χ0) is 19.3. The molecule has 0 spiro atoms. The number of nitrogens with one attached hydrogen (secondary N) is 1. The Labute approximate surface area is 187 Å². The van der Waals surface area contributed by atoms with Gasteiger partial charge in [-0.15, -0.1) is 24.8 Å². The third-order valence-electron chi connectivity index (χ3n) is 5.23. The Bertz CT molecular complexity index is 835. The maximum Gasteiger partial charge on any atom is 0.236 e. The van der Waals surface area contributed by atoms with E-state index in [-0.39, 0.29) is 42.7 Å². The molecule has 0 aromatic carbocycles. The van der Waals surface area contributed by atoms with E-state index in [1.54, 1.807) is 6.20 Å². The highest BCUT2D eigenvalue weighted by molar-refractivity contribution is 5.85. The molecule has 0 aliphatic carbocycles. The second-order valence-corrected chi connectivity index (χ2v) is 7.13. The summed E-state index contributed by atoms with van der Waals surface area (Å²) >= 11 is 0. The fourth-order valence-corrected chi connectivity index (χ4v) is 3.77. The van der Waals surface area contributed by atoms with Crippen molar-refractivity contribution < 1.29 is 14.1 Å². The Kier molecular flexibility index (Phi) is 9.01. The standard InChI is InChI=1S/C19H24N6O3.2ClH/c26-17(7-6-16-22-19(23-28-16)15-5-1-2-8-21-15)24-10-3-4-14(13-24)25-11-9-20-12-18(25)27;;/h1-2,5,8,14,20H,3-4,6-7,9-13H2;2*1H. The monoisotopic (exact) mass is 456 g/mol. The van der Waals surface area contributed by atoms with Crippen LogP contribution in [0.3, 0.4) is 0 Å². The van der Waals surface area contributed by atoms with Crippen LogP contribution in [0.5, 0.6) is 0 Å². The van der Waals surface area contributed by atoms with Crippen LogP contribution in [-0.2, 0) is 16.0 Å². The van der Waals surface area contributed by atoms with E-state index in [0.29, 0.717) is 49.9 Å². The van der Waals surface area contributed by atoms with E-state index < -0.39 is 0 Å². The van der Waals surface area contributed by atoms with Crippen LogP contribution in [0.2, 0.25) is 0 Å². The average Bonchev–Trinajstić information content (AvgIpc) is 3.22. The molecule has 2 saturated heterocycles. The maximum atomic E-state index is 12.7. The minimum atomic E-state index is 0. The van der Waals surface area contributed by atoms with Crippen molar-refractivity contribution in [2.75, 3.05) is 32.7 Å². The molecule has 2 fully saturated rings. The Balaban J connectivity index is 0.00000160. The molecular formula is C19H26Cl2N6O3. The van der Waals surface area contributed by atoms with E-state index in [2.05, 4.69) is 20.4 Å². The van der Waals surface area contributed by atoms with Crippen molar-refractivity contribution in [3.05, 3.63) is 30.3 Å². The molecule has 0 saturated carbocycles. The number of piperidine rings is 1. The highest BCUT2D eigenvalue weighted by Gasteiger charge is 2.31. The SMILES string of the molecule is Cl.Cl.O=C(CCc1nc(-c2ccccn2)no1)N1CCCC(N2CCNCC2=O)C1. The lowest BCUT2D eigenvalue weighted by atomic mass is 10.0. The van der Waals surface area contributed by atoms with E-state index in [1.807, 2.05) is 28.0 Å². The number of aromatic nitrogens is 3. The van der Waals surface area contributed by atoms with E-state index in [1.165, 1.54) is 0 Å². The lowest BCUT2D eigenvalue weighted by Crippen LogP contribution is -2.57. The van der Waals surface area contributed by atoms with Gasteiger partial charge < -0.3 is 19.6 Å². The van der Waals surface area contributed by atoms with Gasteiger partial charge in [0.25, 0.3) is 0 Å². The van der Waals surface area contributed by atoms with Crippen LogP contribution >= 0.6 is 24.8 Å². The number of carbonyl (C=O) groups excluding carboxylic acids is 2. The number of aryl methyl sites for hydroxylation is 1. The number of likely N-dealkylation sites (tertiary alicyclic amines) is 1. The number of carbonyl (C=O) groups is 2. The predicted octanol–water partition coefficient (Wildman–Crippen LogP) is 1.33. The smallest absolute Gasteiger partial charge is 0.236 e. The first-order chi connectivity index (χ1) is 13.7. The Morgan fingerprint density at radius 3 is 2.90 bits per heavy atom. The van der Waals surface area contributed by atoms with Crippen molar-refractivity contribution in [3.8, 4) is 11.5 Å². The van der Waals surface area contributed by atoms with Crippen molar-refractivity contribution >= 4 is 36.6 Å². The number of pyridine rings is 1. The molecule has 9 nitrogen and oxygen atoms in total. The van der Waals surface area contributed by atoms with Gasteiger partial charge in [0.2, 0.25) is 23.5 Å². The summed E-state index contributed by atoms with van der Waals surface area (Å²) in [6, 6.07) is 5.61. The molecule has 2 aromatic rings. The molecule has 11 heteroatoms. The Morgan fingerprint density at radius 2 is 2.13 bits per heavy atom. The third-order valence-corrected chi connectivity index (χ3v) is 5.23. The maximum absolute atomic E-state index is 12.7. The molecule has 2 aromatic heterocycles. The molecule has 2 amide bonds. The largest absolute Gasteiger partial charge is 0.341 e. The van der Waals surface area contributed by atoms with Gasteiger partial charge in [-0.05, 0) is 25.0 Å². The van der Waals surface area contributed by atoms with Crippen LogP contribution in [-0.4, -0.2) is 75.5 Å². The molecule has 1 atom stereocenters. The number of hydrogen-bond donors (Lipinski definition) is 1. The fraction of sp³-hybridized carbons (Fsp3) is 0.526. The van der Waals surface area contributed by atoms with Crippen molar-refractivity contribution in [3.63, 3.8) is 0 Å². The summed E-state index contributed by atoms with van der Waals surface area (Å²) in [4.78, 5) is 37.1. The summed E-state index contributed by atoms with van der Waals surface area (Å²) in [5.74, 6) is 1.04. The van der Waals surface area contributed by atoms with Crippen LogP contribution in [0.4, 0.5) is 0 Å². The molecule has 30 heavy (non-hydrogen) atoms. The fourth-order valence-electron chi connectivity index (χ4n) is 3.77. The highest BCUT2D eigenvalue weighted by Crippen LogP contribution is 2.19. The molecule has 4 rings (SSSR count). The van der Waals surface area contributed by atoms with Crippen LogP contribution < -0.4 is 5.32 Å². The normalized spacial score (nSPS) is 19.1. The Hall–Kier alpha value is -2.23. The first-order valence-electron chi connectivity index (χ1n) is 9.72. The van der Waals surface area contributed by atoms with Crippen molar-refractivity contribution in [2.24, 2.45) is 0 Å². The molecule has 4 heterocycles. The minimum Gasteiger partial charge on any atom is -0.341 e. The van der Waals surface area contributed by atoms with Crippen molar-refractivity contribution in [2.45, 2.75) is 31.7 Å². The van der Waals surface area contributed by atoms with Crippen molar-refractivity contribution in [1.82, 2.24) is 30.2 Å². The van der Waals surface area contributed by atoms with Gasteiger partial charge in [0.1, 0.15) is 5.69 Å². The lowest BCUT2D eigenvalue weighted by Gasteiger charge is -2.41. The van der Waals surface area contributed by atoms with E-state index in [4.69, 9.17) is 4.52 Å². The quantitative estimate of drug-likeness (QED) is 0.723. The van der Waals surface area contributed by atoms with Gasteiger partial charge in [-0.2, -0.15) is 4.98 Å². The van der Waals surface area contributed by atoms with Gasteiger partial charge in [-0.25, -0.2) is 0 Å². The van der Waals surface area contributed by atoms with Gasteiger partial charge in [-0.3, -0.25) is 14.6 Å². The van der Waals surface area contributed by atoms with Gasteiger partial charge in [0.05, 0.1) is 6.54 Å². The predicted molar refractivity (Wildman–Crippen MR) is 115 cm³/mol. The van der Waals surface area contributed by atoms with Gasteiger partial charge in [0.15, 0.2) is 0 Å². The number of rotatable bonds is 5. The zero-order valence-electron chi connectivity index (χ0n) is 16.5. The minimum absolute atomic E-state index is 0. The second kappa shape index (κ2) is 11.2. The van der Waals surface area contributed by atoms with Crippen LogP contribution in [0, 0.1) is 0 Å². The molecule has 2 aliphatic rings. The number of halogens is 2. The van der Waals surface area contributed by atoms with E-state index >= 15 is 0 Å². The highest BCUT2D eigenvalue weighted by atomic mass is 35.5. The number of amides is 2. The molecule has 0 radical (unpaired) electrons. The molecule has 1 N–H and O–H groups in total. The van der Waals surface area contributed by atoms with Crippen LogP contribution in [0.15, 0.2) is 28.9 Å². The summed E-state index contributed by atoms with van der Waals surface area (Å²) in [5, 5.41) is 7.03. The number of hydrogen-bond acceptors (Lipinski definition) is 7. The molecule has 164 valence electrons. The molecule has 1 unspecified atom stereocenters. The lowest BCUT2D eigenvalue weighted by molar-refractivity contribution is -0.140. The van der Waals surface area contributed by atoms with Crippen LogP contribution in [0.25, 0.3) is 11.5 Å². The Morgan fingerprint density at radius 1 is 1.27 bits per heavy atom. The van der Waals surface area contributed by atoms with E-state index in [0.717, 1.165) is 25.9 Å². The second-order valence-electron chi connectivity index (χ2n) is 7.13. The van der Waals surface area contributed by atoms with Gasteiger partial charge in [-0.1, -0.05) is 11.2 Å². The molecule has 2 aliphatic heterocycles. The average molecular weight is 457 g/mol. The zero-order valence-corrected chi connectivity index (χ0v) is 18.2. The van der Waals surface area contributed by atoms with E-state index in [9.17, 15) is 9.59 Å². The first kappa shape index (κ1) is 24.0. The summed E-state index contributed by atoms with van der Waals surface area (Å²) < 4.78 is 5.26. The summed E-state index contributed by atoms with van der Waals surface area (Å²) in [6.45, 7) is 3.25. The number of piperazine rings is 1. The molecular weight excluding hydrogens is 431 g/mol. The summed E-state index contributed by atoms with van der Waals surface area (Å²) in [5.41, 5.74) is 0.642.